The minimum Gasteiger partial charge on any atom is -0.386 e. The number of rotatable bonds is 5. The highest BCUT2D eigenvalue weighted by atomic mass is 16.7. The van der Waals surface area contributed by atoms with E-state index in [-0.39, 0.29) is 30.4 Å². The first-order valence-corrected chi connectivity index (χ1v) is 8.20. The number of carbonyl (C=O) groups excluding carboxylic acids is 1. The SMILES string of the molecule is CC(C)N(C(=O)CON=C1CCC2(CC1)OCCO2)C(C)C. The Morgan fingerprint density at radius 3 is 2.23 bits per heavy atom. The van der Waals surface area contributed by atoms with Crippen molar-refractivity contribution in [3.05, 3.63) is 0 Å². The molecular formula is C16H28N2O4. The Bertz CT molecular complexity index is 394. The predicted molar refractivity (Wildman–Crippen MR) is 83.6 cm³/mol. The van der Waals surface area contributed by atoms with Crippen LogP contribution in [0.3, 0.4) is 0 Å². The molecule has 0 N–H and O–H groups in total. The van der Waals surface area contributed by atoms with Crippen molar-refractivity contribution < 1.29 is 19.1 Å². The molecule has 0 atom stereocenters. The quantitative estimate of drug-likeness (QED) is 0.731. The minimum absolute atomic E-state index is 0.00198. The molecule has 126 valence electrons. The molecule has 0 unspecified atom stereocenters. The lowest BCUT2D eigenvalue weighted by atomic mass is 9.92. The van der Waals surface area contributed by atoms with Gasteiger partial charge in [0.1, 0.15) is 0 Å². The van der Waals surface area contributed by atoms with Gasteiger partial charge in [0.05, 0.1) is 18.9 Å². The second-order valence-electron chi connectivity index (χ2n) is 6.53. The van der Waals surface area contributed by atoms with Gasteiger partial charge < -0.3 is 19.2 Å². The van der Waals surface area contributed by atoms with Gasteiger partial charge in [-0.3, -0.25) is 4.79 Å². The molecule has 2 rings (SSSR count). The average molecular weight is 312 g/mol. The molecule has 1 saturated carbocycles. The zero-order valence-electron chi connectivity index (χ0n) is 14.1. The molecule has 0 radical (unpaired) electrons. The van der Waals surface area contributed by atoms with Gasteiger partial charge in [-0.1, -0.05) is 5.16 Å². The summed E-state index contributed by atoms with van der Waals surface area (Å²) >= 11 is 0. The third kappa shape index (κ3) is 4.20. The Hall–Kier alpha value is -1.14. The summed E-state index contributed by atoms with van der Waals surface area (Å²) in [5.41, 5.74) is 0.984. The van der Waals surface area contributed by atoms with Crippen molar-refractivity contribution in [2.45, 2.75) is 71.2 Å². The van der Waals surface area contributed by atoms with Gasteiger partial charge in [-0.15, -0.1) is 0 Å². The van der Waals surface area contributed by atoms with Gasteiger partial charge in [-0.05, 0) is 40.5 Å². The summed E-state index contributed by atoms with van der Waals surface area (Å²) in [6.45, 7) is 9.38. The molecule has 2 aliphatic rings. The summed E-state index contributed by atoms with van der Waals surface area (Å²) in [6.07, 6.45) is 3.22. The van der Waals surface area contributed by atoms with E-state index in [4.69, 9.17) is 14.3 Å². The monoisotopic (exact) mass is 312 g/mol. The average Bonchev–Trinajstić information content (AvgIpc) is 2.89. The van der Waals surface area contributed by atoms with Crippen LogP contribution in [0.25, 0.3) is 0 Å². The second-order valence-corrected chi connectivity index (χ2v) is 6.53. The van der Waals surface area contributed by atoms with E-state index in [1.165, 1.54) is 0 Å². The Kier molecular flexibility index (Phi) is 5.81. The summed E-state index contributed by atoms with van der Waals surface area (Å²) in [6, 6.07) is 0.324. The zero-order valence-corrected chi connectivity index (χ0v) is 14.1. The molecule has 1 heterocycles. The minimum atomic E-state index is -0.388. The molecule has 6 heteroatoms. The van der Waals surface area contributed by atoms with Gasteiger partial charge in [-0.2, -0.15) is 0 Å². The molecule has 6 nitrogen and oxygen atoms in total. The molecule has 1 saturated heterocycles. The number of hydrogen-bond donors (Lipinski definition) is 0. The molecule has 0 aromatic rings. The van der Waals surface area contributed by atoms with Crippen LogP contribution in [0.5, 0.6) is 0 Å². The fourth-order valence-corrected chi connectivity index (χ4v) is 3.22. The fourth-order valence-electron chi connectivity index (χ4n) is 3.22. The van der Waals surface area contributed by atoms with Gasteiger partial charge in [-0.25, -0.2) is 0 Å². The molecule has 1 spiro atoms. The molecular weight excluding hydrogens is 284 g/mol. The Morgan fingerprint density at radius 2 is 1.73 bits per heavy atom. The maximum absolute atomic E-state index is 12.2. The molecule has 1 aliphatic heterocycles. The number of carbonyl (C=O) groups is 1. The predicted octanol–water partition coefficient (Wildman–Crippen LogP) is 2.32. The van der Waals surface area contributed by atoms with E-state index in [1.807, 2.05) is 32.6 Å². The number of nitrogens with zero attached hydrogens (tertiary/aromatic N) is 2. The first-order chi connectivity index (χ1) is 10.4. The van der Waals surface area contributed by atoms with Gasteiger partial charge in [0.2, 0.25) is 0 Å². The van der Waals surface area contributed by atoms with Gasteiger partial charge in [0.25, 0.3) is 5.91 Å². The van der Waals surface area contributed by atoms with Crippen molar-refractivity contribution in [3.8, 4) is 0 Å². The number of oxime groups is 1. The van der Waals surface area contributed by atoms with E-state index < -0.39 is 0 Å². The van der Waals surface area contributed by atoms with Gasteiger partial charge in [0, 0.05) is 24.9 Å². The molecule has 0 bridgehead atoms. The summed E-state index contributed by atoms with van der Waals surface area (Å²) in [4.78, 5) is 19.3. The largest absolute Gasteiger partial charge is 0.386 e. The van der Waals surface area contributed by atoms with Crippen LogP contribution in [0, 0.1) is 0 Å². The standard InChI is InChI=1S/C16H28N2O4/c1-12(2)18(13(3)4)15(19)11-22-17-14-5-7-16(8-6-14)20-9-10-21-16/h12-13H,5-11H2,1-4H3. The first kappa shape index (κ1) is 17.2. The van der Waals surface area contributed by atoms with Crippen molar-refractivity contribution in [3.63, 3.8) is 0 Å². The molecule has 0 aromatic heterocycles. The van der Waals surface area contributed by atoms with Crippen molar-refractivity contribution in [2.75, 3.05) is 19.8 Å². The van der Waals surface area contributed by atoms with Crippen LogP contribution >= 0.6 is 0 Å². The summed E-state index contributed by atoms with van der Waals surface area (Å²) in [5.74, 6) is -0.412. The fraction of sp³-hybridized carbons (Fsp3) is 0.875. The maximum Gasteiger partial charge on any atom is 0.263 e. The Morgan fingerprint density at radius 1 is 1.18 bits per heavy atom. The Labute approximate surface area is 132 Å². The van der Waals surface area contributed by atoms with Crippen LogP contribution in [0.2, 0.25) is 0 Å². The normalized spacial score (nSPS) is 20.7. The van der Waals surface area contributed by atoms with Gasteiger partial charge >= 0.3 is 0 Å². The van der Waals surface area contributed by atoms with E-state index in [2.05, 4.69) is 5.16 Å². The molecule has 0 aromatic carbocycles. The molecule has 1 aliphatic carbocycles. The Balaban J connectivity index is 1.77. The van der Waals surface area contributed by atoms with Crippen molar-refractivity contribution in [1.29, 1.82) is 0 Å². The first-order valence-electron chi connectivity index (χ1n) is 8.20. The van der Waals surface area contributed by atoms with E-state index in [0.29, 0.717) is 13.2 Å². The molecule has 1 amide bonds. The lowest BCUT2D eigenvalue weighted by Gasteiger charge is -2.31. The van der Waals surface area contributed by atoms with Crippen molar-refractivity contribution in [2.24, 2.45) is 5.16 Å². The highest BCUT2D eigenvalue weighted by Crippen LogP contribution is 2.34. The summed E-state index contributed by atoms with van der Waals surface area (Å²) in [5, 5.41) is 4.14. The van der Waals surface area contributed by atoms with Crippen LogP contribution in [-0.2, 0) is 19.1 Å². The third-order valence-electron chi connectivity index (χ3n) is 4.18. The smallest absolute Gasteiger partial charge is 0.263 e. The van der Waals surface area contributed by atoms with Gasteiger partial charge in [0.15, 0.2) is 12.4 Å². The number of ether oxygens (including phenoxy) is 2. The topological polar surface area (TPSA) is 60.4 Å². The number of hydrogen-bond acceptors (Lipinski definition) is 5. The molecule has 2 fully saturated rings. The lowest BCUT2D eigenvalue weighted by Crippen LogP contribution is -2.43. The lowest BCUT2D eigenvalue weighted by molar-refractivity contribution is -0.168. The van der Waals surface area contributed by atoms with E-state index in [1.54, 1.807) is 0 Å². The maximum atomic E-state index is 12.2. The zero-order chi connectivity index (χ0) is 16.2. The second kappa shape index (κ2) is 7.42. The van der Waals surface area contributed by atoms with Crippen LogP contribution < -0.4 is 0 Å². The summed E-state index contributed by atoms with van der Waals surface area (Å²) in [7, 11) is 0. The van der Waals surface area contributed by atoms with E-state index in [9.17, 15) is 4.79 Å². The van der Waals surface area contributed by atoms with Crippen molar-refractivity contribution in [1.82, 2.24) is 4.90 Å². The van der Waals surface area contributed by atoms with Crippen molar-refractivity contribution >= 4 is 11.6 Å². The summed E-state index contributed by atoms with van der Waals surface area (Å²) < 4.78 is 11.4. The van der Waals surface area contributed by atoms with E-state index in [0.717, 1.165) is 31.4 Å². The van der Waals surface area contributed by atoms with E-state index >= 15 is 0 Å². The van der Waals surface area contributed by atoms with Crippen LogP contribution in [0.4, 0.5) is 0 Å². The van der Waals surface area contributed by atoms with Crippen LogP contribution in [-0.4, -0.2) is 54.2 Å². The highest BCUT2D eigenvalue weighted by molar-refractivity contribution is 5.85. The van der Waals surface area contributed by atoms with Crippen LogP contribution in [0.15, 0.2) is 5.16 Å². The third-order valence-corrected chi connectivity index (χ3v) is 4.18. The van der Waals surface area contributed by atoms with Crippen LogP contribution in [0.1, 0.15) is 53.4 Å². The molecule has 22 heavy (non-hydrogen) atoms. The number of amides is 1. The highest BCUT2D eigenvalue weighted by Gasteiger charge is 2.39.